The van der Waals surface area contributed by atoms with Crippen LogP contribution in [0.5, 0.6) is 0 Å². The lowest BCUT2D eigenvalue weighted by Crippen LogP contribution is -2.52. The summed E-state index contributed by atoms with van der Waals surface area (Å²) >= 11 is 0. The Hall–Kier alpha value is -1.44. The van der Waals surface area contributed by atoms with Gasteiger partial charge in [0.2, 0.25) is 15.9 Å². The Kier molecular flexibility index (Phi) is 6.47. The highest BCUT2D eigenvalue weighted by molar-refractivity contribution is 7.89. The summed E-state index contributed by atoms with van der Waals surface area (Å²) in [6.07, 6.45) is 1.05. The third-order valence-corrected chi connectivity index (χ3v) is 6.89. The number of sulfonamides is 1. The first-order valence-corrected chi connectivity index (χ1v) is 10.6. The van der Waals surface area contributed by atoms with Crippen LogP contribution in [0.4, 0.5) is 0 Å². The molecule has 2 rings (SSSR count). The molecule has 1 saturated heterocycles. The van der Waals surface area contributed by atoms with Gasteiger partial charge in [-0.2, -0.15) is 4.31 Å². The zero-order chi connectivity index (χ0) is 19.5. The van der Waals surface area contributed by atoms with E-state index in [0.29, 0.717) is 43.3 Å². The fraction of sp³-hybridized carbons (Fsp3) is 0.632. The van der Waals surface area contributed by atoms with Gasteiger partial charge in [0.15, 0.2) is 0 Å². The lowest BCUT2D eigenvalue weighted by molar-refractivity contribution is -0.127. The molecule has 0 aliphatic carbocycles. The summed E-state index contributed by atoms with van der Waals surface area (Å²) in [7, 11) is -3.51. The number of hydrogen-bond acceptors (Lipinski definition) is 4. The van der Waals surface area contributed by atoms with Gasteiger partial charge in [0.25, 0.3) is 0 Å². The molecule has 1 aromatic carbocycles. The Morgan fingerprint density at radius 1 is 1.23 bits per heavy atom. The number of nitrogens with two attached hydrogens (primary N) is 1. The van der Waals surface area contributed by atoms with Crippen LogP contribution in [0.15, 0.2) is 29.2 Å². The molecule has 0 spiro atoms. The molecule has 0 aromatic heterocycles. The minimum absolute atomic E-state index is 0.0428. The maximum absolute atomic E-state index is 12.8. The zero-order valence-electron chi connectivity index (χ0n) is 16.2. The zero-order valence-corrected chi connectivity index (χ0v) is 17.0. The van der Waals surface area contributed by atoms with Gasteiger partial charge in [-0.05, 0) is 50.3 Å². The first-order valence-electron chi connectivity index (χ1n) is 9.19. The number of nitrogens with one attached hydrogen (secondary N) is 1. The fourth-order valence-corrected chi connectivity index (χ4v) is 4.49. The van der Waals surface area contributed by atoms with E-state index in [1.54, 1.807) is 12.1 Å². The highest BCUT2D eigenvalue weighted by Crippen LogP contribution is 2.25. The van der Waals surface area contributed by atoms with Gasteiger partial charge in [-0.1, -0.05) is 26.0 Å². The van der Waals surface area contributed by atoms with Crippen LogP contribution in [-0.4, -0.2) is 43.8 Å². The molecule has 7 heteroatoms. The summed E-state index contributed by atoms with van der Waals surface area (Å²) in [5.74, 6) is 0.146. The number of carbonyl (C=O) groups is 1. The molecule has 0 radical (unpaired) electrons. The standard InChI is InChI=1S/C19H31N3O3S/c1-14(2)15-5-7-17(8-6-15)26(24,25)22-11-9-16(10-12-22)18(23)21-19(3,4)13-20/h5-8,14,16H,9-13,20H2,1-4H3,(H,21,23). The van der Waals surface area contributed by atoms with E-state index in [-0.39, 0.29) is 11.8 Å². The number of benzene rings is 1. The quantitative estimate of drug-likeness (QED) is 0.789. The molecule has 1 aliphatic rings. The van der Waals surface area contributed by atoms with Crippen molar-refractivity contribution in [3.05, 3.63) is 29.8 Å². The van der Waals surface area contributed by atoms with Crippen molar-refractivity contribution in [3.8, 4) is 0 Å². The molecule has 0 saturated carbocycles. The molecule has 1 aromatic rings. The average molecular weight is 382 g/mol. The van der Waals surface area contributed by atoms with Crippen LogP contribution in [-0.2, 0) is 14.8 Å². The van der Waals surface area contributed by atoms with Crippen molar-refractivity contribution < 1.29 is 13.2 Å². The second-order valence-corrected chi connectivity index (χ2v) is 9.92. The molecule has 0 unspecified atom stereocenters. The van der Waals surface area contributed by atoms with E-state index in [9.17, 15) is 13.2 Å². The van der Waals surface area contributed by atoms with Crippen LogP contribution in [0.1, 0.15) is 52.0 Å². The highest BCUT2D eigenvalue weighted by Gasteiger charge is 2.33. The maximum atomic E-state index is 12.8. The number of nitrogens with zero attached hydrogens (tertiary/aromatic N) is 1. The van der Waals surface area contributed by atoms with Gasteiger partial charge in [0.1, 0.15) is 0 Å². The Morgan fingerprint density at radius 3 is 2.23 bits per heavy atom. The van der Waals surface area contributed by atoms with Crippen LogP contribution in [0.2, 0.25) is 0 Å². The van der Waals surface area contributed by atoms with Crippen molar-refractivity contribution >= 4 is 15.9 Å². The second-order valence-electron chi connectivity index (χ2n) is 7.98. The Morgan fingerprint density at radius 2 is 1.77 bits per heavy atom. The maximum Gasteiger partial charge on any atom is 0.243 e. The van der Waals surface area contributed by atoms with Gasteiger partial charge >= 0.3 is 0 Å². The van der Waals surface area contributed by atoms with E-state index < -0.39 is 15.6 Å². The second kappa shape index (κ2) is 8.06. The number of carbonyl (C=O) groups excluding carboxylic acids is 1. The Bertz CT molecular complexity index is 719. The van der Waals surface area contributed by atoms with Crippen molar-refractivity contribution in [2.75, 3.05) is 19.6 Å². The molecule has 1 aliphatic heterocycles. The van der Waals surface area contributed by atoms with Crippen LogP contribution >= 0.6 is 0 Å². The van der Waals surface area contributed by atoms with Crippen LogP contribution < -0.4 is 11.1 Å². The molecule has 1 amide bonds. The highest BCUT2D eigenvalue weighted by atomic mass is 32.2. The molecule has 0 atom stereocenters. The van der Waals surface area contributed by atoms with E-state index in [1.807, 2.05) is 26.0 Å². The number of amides is 1. The normalized spacial score (nSPS) is 17.5. The van der Waals surface area contributed by atoms with Crippen molar-refractivity contribution in [1.29, 1.82) is 0 Å². The van der Waals surface area contributed by atoms with Gasteiger partial charge < -0.3 is 11.1 Å². The van der Waals surface area contributed by atoms with Crippen molar-refractivity contribution in [2.45, 2.75) is 56.9 Å². The summed E-state index contributed by atoms with van der Waals surface area (Å²) in [6.45, 7) is 8.98. The molecular weight excluding hydrogens is 350 g/mol. The van der Waals surface area contributed by atoms with E-state index in [2.05, 4.69) is 19.2 Å². The first-order chi connectivity index (χ1) is 12.1. The summed E-state index contributed by atoms with van der Waals surface area (Å²) in [6, 6.07) is 7.08. The minimum Gasteiger partial charge on any atom is -0.350 e. The molecular formula is C19H31N3O3S. The predicted octanol–water partition coefficient (Wildman–Crippen LogP) is 2.06. The lowest BCUT2D eigenvalue weighted by atomic mass is 9.95. The third-order valence-electron chi connectivity index (χ3n) is 4.98. The van der Waals surface area contributed by atoms with E-state index in [0.717, 1.165) is 5.56 Å². The summed E-state index contributed by atoms with van der Waals surface area (Å²) < 4.78 is 27.1. The average Bonchev–Trinajstić information content (AvgIpc) is 2.61. The van der Waals surface area contributed by atoms with Crippen molar-refractivity contribution in [3.63, 3.8) is 0 Å². The molecule has 0 bridgehead atoms. The Balaban J connectivity index is 2.01. The van der Waals surface area contributed by atoms with E-state index in [1.165, 1.54) is 4.31 Å². The summed E-state index contributed by atoms with van der Waals surface area (Å²) in [4.78, 5) is 12.7. The molecule has 146 valence electrons. The van der Waals surface area contributed by atoms with Gasteiger partial charge in [0, 0.05) is 31.1 Å². The largest absolute Gasteiger partial charge is 0.350 e. The summed E-state index contributed by atoms with van der Waals surface area (Å²) in [5, 5.41) is 2.95. The van der Waals surface area contributed by atoms with Crippen molar-refractivity contribution in [1.82, 2.24) is 9.62 Å². The lowest BCUT2D eigenvalue weighted by Gasteiger charge is -2.33. The molecule has 26 heavy (non-hydrogen) atoms. The van der Waals surface area contributed by atoms with E-state index in [4.69, 9.17) is 5.73 Å². The number of rotatable bonds is 6. The molecule has 3 N–H and O–H groups in total. The monoisotopic (exact) mass is 381 g/mol. The minimum atomic E-state index is -3.51. The molecule has 1 heterocycles. The summed E-state index contributed by atoms with van der Waals surface area (Å²) in [5.41, 5.74) is 6.32. The van der Waals surface area contributed by atoms with Crippen molar-refractivity contribution in [2.24, 2.45) is 11.7 Å². The number of piperidine rings is 1. The first kappa shape index (κ1) is 20.9. The number of hydrogen-bond donors (Lipinski definition) is 2. The van der Waals surface area contributed by atoms with Crippen LogP contribution in [0.3, 0.4) is 0 Å². The van der Waals surface area contributed by atoms with Crippen LogP contribution in [0, 0.1) is 5.92 Å². The van der Waals surface area contributed by atoms with Gasteiger partial charge in [-0.25, -0.2) is 8.42 Å². The van der Waals surface area contributed by atoms with Gasteiger partial charge in [-0.3, -0.25) is 4.79 Å². The SMILES string of the molecule is CC(C)c1ccc(S(=O)(=O)N2CCC(C(=O)NC(C)(C)CN)CC2)cc1. The molecule has 6 nitrogen and oxygen atoms in total. The van der Waals surface area contributed by atoms with Crippen LogP contribution in [0.25, 0.3) is 0 Å². The predicted molar refractivity (Wildman–Crippen MR) is 103 cm³/mol. The fourth-order valence-electron chi connectivity index (χ4n) is 3.02. The Labute approximate surface area is 157 Å². The smallest absolute Gasteiger partial charge is 0.243 e. The van der Waals surface area contributed by atoms with Gasteiger partial charge in [0.05, 0.1) is 4.90 Å². The molecule has 1 fully saturated rings. The topological polar surface area (TPSA) is 92.5 Å². The third kappa shape index (κ3) is 4.84. The van der Waals surface area contributed by atoms with Gasteiger partial charge in [-0.15, -0.1) is 0 Å². The van der Waals surface area contributed by atoms with E-state index >= 15 is 0 Å².